The van der Waals surface area contributed by atoms with Gasteiger partial charge in [-0.25, -0.2) is 4.98 Å². The van der Waals surface area contributed by atoms with Crippen molar-refractivity contribution >= 4 is 23.3 Å². The standard InChI is InChI=1S/C19H20N4O3S/c1-11-7-14(23(3)22-11)19-21-12(2)18(27-19)16(25)10-20-9-13-5-6-17(26-4)15(24)8-13/h5-9,24H,10H2,1-4H3. The lowest BCUT2D eigenvalue weighted by atomic mass is 10.2. The maximum Gasteiger partial charge on any atom is 0.196 e. The Morgan fingerprint density at radius 1 is 1.37 bits per heavy atom. The summed E-state index contributed by atoms with van der Waals surface area (Å²) in [7, 11) is 3.34. The lowest BCUT2D eigenvalue weighted by molar-refractivity contribution is 0.100. The van der Waals surface area contributed by atoms with Gasteiger partial charge < -0.3 is 9.84 Å². The van der Waals surface area contributed by atoms with Crippen LogP contribution >= 0.6 is 11.3 Å². The molecule has 140 valence electrons. The van der Waals surface area contributed by atoms with Gasteiger partial charge in [-0.1, -0.05) is 0 Å². The first-order valence-electron chi connectivity index (χ1n) is 8.27. The molecule has 0 aliphatic carbocycles. The van der Waals surface area contributed by atoms with Crippen LogP contribution in [0.5, 0.6) is 11.5 Å². The van der Waals surface area contributed by atoms with E-state index in [4.69, 9.17) is 4.74 Å². The topological polar surface area (TPSA) is 89.6 Å². The van der Waals surface area contributed by atoms with Gasteiger partial charge in [0.25, 0.3) is 0 Å². The van der Waals surface area contributed by atoms with Gasteiger partial charge in [0.05, 0.1) is 29.1 Å². The fourth-order valence-electron chi connectivity index (χ4n) is 2.67. The van der Waals surface area contributed by atoms with Crippen LogP contribution in [0.1, 0.15) is 26.6 Å². The molecule has 2 aromatic heterocycles. The Morgan fingerprint density at radius 2 is 2.15 bits per heavy atom. The van der Waals surface area contributed by atoms with Crippen LogP contribution in [0.2, 0.25) is 0 Å². The maximum absolute atomic E-state index is 12.5. The number of aromatic hydroxyl groups is 1. The number of phenols is 1. The van der Waals surface area contributed by atoms with Crippen LogP contribution in [0.15, 0.2) is 29.3 Å². The maximum atomic E-state index is 12.5. The number of carbonyl (C=O) groups excluding carboxylic acids is 1. The zero-order valence-electron chi connectivity index (χ0n) is 15.6. The molecule has 1 N–H and O–H groups in total. The molecule has 0 amide bonds. The number of aryl methyl sites for hydroxylation is 3. The molecule has 2 heterocycles. The van der Waals surface area contributed by atoms with Gasteiger partial charge in [-0.3, -0.25) is 14.5 Å². The van der Waals surface area contributed by atoms with Crippen LogP contribution in [-0.2, 0) is 7.05 Å². The first-order chi connectivity index (χ1) is 12.9. The first kappa shape index (κ1) is 18.8. The average molecular weight is 384 g/mol. The van der Waals surface area contributed by atoms with Gasteiger partial charge in [-0.15, -0.1) is 11.3 Å². The van der Waals surface area contributed by atoms with Gasteiger partial charge in [0.15, 0.2) is 17.3 Å². The number of methoxy groups -OCH3 is 1. The highest BCUT2D eigenvalue weighted by molar-refractivity contribution is 7.17. The minimum Gasteiger partial charge on any atom is -0.504 e. The Kier molecular flexibility index (Phi) is 5.36. The number of aromatic nitrogens is 3. The largest absolute Gasteiger partial charge is 0.504 e. The summed E-state index contributed by atoms with van der Waals surface area (Å²) >= 11 is 1.35. The minimum absolute atomic E-state index is 0.0136. The minimum atomic E-state index is -0.0934. The van der Waals surface area contributed by atoms with Crippen LogP contribution in [0.25, 0.3) is 10.7 Å². The van der Waals surface area contributed by atoms with Gasteiger partial charge in [0, 0.05) is 13.3 Å². The molecule has 0 saturated carbocycles. The van der Waals surface area contributed by atoms with Crippen molar-refractivity contribution in [1.29, 1.82) is 0 Å². The van der Waals surface area contributed by atoms with E-state index in [0.717, 1.165) is 16.4 Å². The second-order valence-corrected chi connectivity index (χ2v) is 7.05. The number of aliphatic imine (C=N–C) groups is 1. The highest BCUT2D eigenvalue weighted by Gasteiger charge is 2.17. The van der Waals surface area contributed by atoms with E-state index in [1.165, 1.54) is 24.5 Å². The first-order valence-corrected chi connectivity index (χ1v) is 9.09. The molecule has 0 radical (unpaired) electrons. The molecule has 0 saturated heterocycles. The molecule has 0 aliphatic rings. The highest BCUT2D eigenvalue weighted by atomic mass is 32.1. The molecule has 7 nitrogen and oxygen atoms in total. The number of hydrogen-bond donors (Lipinski definition) is 1. The van der Waals surface area contributed by atoms with Gasteiger partial charge in [-0.05, 0) is 43.7 Å². The second-order valence-electron chi connectivity index (χ2n) is 6.05. The van der Waals surface area contributed by atoms with E-state index in [-0.39, 0.29) is 18.1 Å². The van der Waals surface area contributed by atoms with Crippen LogP contribution in [0.4, 0.5) is 0 Å². The van der Waals surface area contributed by atoms with Crippen LogP contribution in [0, 0.1) is 13.8 Å². The van der Waals surface area contributed by atoms with E-state index in [0.29, 0.717) is 21.9 Å². The molecular formula is C19H20N4O3S. The van der Waals surface area contributed by atoms with Crippen molar-refractivity contribution < 1.29 is 14.6 Å². The lowest BCUT2D eigenvalue weighted by Gasteiger charge is -2.02. The number of rotatable bonds is 6. The third kappa shape index (κ3) is 4.06. The second kappa shape index (κ2) is 7.71. The van der Waals surface area contributed by atoms with Crippen molar-refractivity contribution in [2.45, 2.75) is 13.8 Å². The fraction of sp³-hybridized carbons (Fsp3) is 0.263. The summed E-state index contributed by atoms with van der Waals surface area (Å²) in [6, 6.07) is 6.88. The van der Waals surface area contributed by atoms with E-state index >= 15 is 0 Å². The normalized spacial score (nSPS) is 11.3. The summed E-state index contributed by atoms with van der Waals surface area (Å²) in [5.41, 5.74) is 3.17. The number of ketones is 1. The van der Waals surface area contributed by atoms with Gasteiger partial charge in [0.1, 0.15) is 11.6 Å². The van der Waals surface area contributed by atoms with Crippen molar-refractivity contribution in [3.63, 3.8) is 0 Å². The molecule has 0 spiro atoms. The number of thiazole rings is 1. The van der Waals surface area contributed by atoms with Crippen molar-refractivity contribution in [3.8, 4) is 22.2 Å². The van der Waals surface area contributed by atoms with Gasteiger partial charge in [-0.2, -0.15) is 5.10 Å². The fourth-order valence-corrected chi connectivity index (χ4v) is 3.71. The third-order valence-corrected chi connectivity index (χ3v) is 5.17. The summed E-state index contributed by atoms with van der Waals surface area (Å²) in [5.74, 6) is 0.327. The predicted molar refractivity (Wildman–Crippen MR) is 105 cm³/mol. The monoisotopic (exact) mass is 384 g/mol. The quantitative estimate of drug-likeness (QED) is 0.521. The zero-order chi connectivity index (χ0) is 19.6. The number of phenolic OH excluding ortho intramolecular Hbond substituents is 1. The van der Waals surface area contributed by atoms with E-state index in [9.17, 15) is 9.90 Å². The molecular weight excluding hydrogens is 364 g/mol. The Bertz CT molecular complexity index is 1020. The molecule has 0 aliphatic heterocycles. The van der Waals surface area contributed by atoms with Crippen LogP contribution in [0.3, 0.4) is 0 Å². The summed E-state index contributed by atoms with van der Waals surface area (Å²) in [6.45, 7) is 3.75. The van der Waals surface area contributed by atoms with Crippen molar-refractivity contribution in [2.75, 3.05) is 13.7 Å². The number of ether oxygens (including phenoxy) is 1. The molecule has 0 fully saturated rings. The van der Waals surface area contributed by atoms with Crippen LogP contribution < -0.4 is 4.74 Å². The molecule has 0 bridgehead atoms. The Balaban J connectivity index is 1.73. The summed E-state index contributed by atoms with van der Waals surface area (Å²) in [4.78, 5) is 21.8. The van der Waals surface area contributed by atoms with Crippen molar-refractivity contribution in [3.05, 3.63) is 46.1 Å². The van der Waals surface area contributed by atoms with Crippen molar-refractivity contribution in [1.82, 2.24) is 14.8 Å². The molecule has 3 aromatic rings. The smallest absolute Gasteiger partial charge is 0.196 e. The molecule has 0 atom stereocenters. The van der Waals surface area contributed by atoms with E-state index in [1.807, 2.05) is 27.0 Å². The predicted octanol–water partition coefficient (Wildman–Crippen LogP) is 3.18. The number of hydrogen-bond acceptors (Lipinski definition) is 7. The Hall–Kier alpha value is -3.00. The summed E-state index contributed by atoms with van der Waals surface area (Å²) in [5, 5.41) is 14.9. The third-order valence-electron chi connectivity index (χ3n) is 3.95. The lowest BCUT2D eigenvalue weighted by Crippen LogP contribution is -2.03. The Morgan fingerprint density at radius 3 is 2.78 bits per heavy atom. The zero-order valence-corrected chi connectivity index (χ0v) is 16.4. The number of benzene rings is 1. The number of Topliss-reactive ketones (excluding diaryl/α,β-unsaturated/α-hetero) is 1. The average Bonchev–Trinajstić information content (AvgIpc) is 3.16. The molecule has 1 aromatic carbocycles. The summed E-state index contributed by atoms with van der Waals surface area (Å²) < 4.78 is 6.76. The molecule has 0 unspecified atom stereocenters. The SMILES string of the molecule is COc1ccc(C=NCC(=O)c2sc(-c3cc(C)nn3C)nc2C)cc1O. The molecule has 27 heavy (non-hydrogen) atoms. The molecule has 8 heteroatoms. The van der Waals surface area contributed by atoms with Crippen molar-refractivity contribution in [2.24, 2.45) is 12.0 Å². The van der Waals surface area contributed by atoms with E-state index in [2.05, 4.69) is 15.1 Å². The highest BCUT2D eigenvalue weighted by Crippen LogP contribution is 2.28. The van der Waals surface area contributed by atoms with Gasteiger partial charge in [0.2, 0.25) is 0 Å². The Labute approximate surface area is 161 Å². The van der Waals surface area contributed by atoms with E-state index < -0.39 is 0 Å². The van der Waals surface area contributed by atoms with E-state index in [1.54, 1.807) is 23.0 Å². The number of carbonyl (C=O) groups is 1. The van der Waals surface area contributed by atoms with Gasteiger partial charge >= 0.3 is 0 Å². The summed E-state index contributed by atoms with van der Waals surface area (Å²) in [6.07, 6.45) is 1.55. The number of nitrogens with zero attached hydrogens (tertiary/aromatic N) is 4. The van der Waals surface area contributed by atoms with Crippen LogP contribution in [-0.4, -0.2) is 45.5 Å². The molecule has 3 rings (SSSR count).